The first-order valence-corrected chi connectivity index (χ1v) is 20.0. The van der Waals surface area contributed by atoms with E-state index in [2.05, 4.69) is 77.3 Å². The van der Waals surface area contributed by atoms with Crippen molar-refractivity contribution in [2.75, 3.05) is 19.6 Å². The third-order valence-electron chi connectivity index (χ3n) is 11.5. The van der Waals surface area contributed by atoms with Crippen LogP contribution in [0.1, 0.15) is 103 Å². The molecular weight excluding hydrogens is 755 g/mol. The topological polar surface area (TPSA) is 159 Å². The van der Waals surface area contributed by atoms with Crippen LogP contribution in [0.3, 0.4) is 0 Å². The smallest absolute Gasteiger partial charge is 0.315 e. The standard InChI is InChI=1S/C45H46F2N8O4/c1-25-19-30(9-10-31(25)23-49-42(58)43-51-44(54-59-43)45(2,3)4)39-34-22-32(24-48-40(34)53-52-39)28-7-5-27(6-8-28)29-14-17-55(18-15-29)16-13-26-20-35(46)38(36(47)21-26)33-11-12-37(56)50-41(33)57/h5-10,19-22,24,29,33H,11-18,23H2,1-4H3,(H,49,58)(H,48,52,53)(H,50,56,57)/t33-/m1/s1. The second-order valence-electron chi connectivity index (χ2n) is 16.7. The highest BCUT2D eigenvalue weighted by Crippen LogP contribution is 2.34. The minimum absolute atomic E-state index is 0.0602. The number of aromatic nitrogens is 5. The normalized spacial score (nSPS) is 16.7. The predicted octanol–water partition coefficient (Wildman–Crippen LogP) is 7.43. The van der Waals surface area contributed by atoms with E-state index in [4.69, 9.17) is 4.52 Å². The van der Waals surface area contributed by atoms with Gasteiger partial charge >= 0.3 is 11.8 Å². The molecule has 59 heavy (non-hydrogen) atoms. The van der Waals surface area contributed by atoms with E-state index >= 15 is 8.78 Å². The van der Waals surface area contributed by atoms with E-state index in [1.807, 2.05) is 46.0 Å². The average molecular weight is 801 g/mol. The van der Waals surface area contributed by atoms with Crippen LogP contribution < -0.4 is 10.6 Å². The highest BCUT2D eigenvalue weighted by atomic mass is 19.1. The lowest BCUT2D eigenvalue weighted by Gasteiger charge is -2.32. The Bertz CT molecular complexity index is 2530. The number of H-pyrrole nitrogens is 1. The minimum atomic E-state index is -0.998. The van der Waals surface area contributed by atoms with Gasteiger partial charge in [-0.15, -0.1) is 0 Å². The zero-order chi connectivity index (χ0) is 41.4. The molecule has 0 bridgehead atoms. The SMILES string of the molecule is Cc1cc(-c2[nH]nc3ncc(-c4ccc(C5CCN(CCc6cc(F)c([C@H]7CCC(=O)NC7=O)c(F)c6)CC5)cc4)cc23)ccc1CNC(=O)c1nc(C(C)(C)C)no1. The first-order chi connectivity index (χ1) is 28.3. The Morgan fingerprint density at radius 2 is 1.68 bits per heavy atom. The van der Waals surface area contributed by atoms with Crippen molar-refractivity contribution in [3.8, 4) is 22.4 Å². The van der Waals surface area contributed by atoms with Gasteiger partial charge in [-0.3, -0.25) is 24.8 Å². The van der Waals surface area contributed by atoms with Crippen LogP contribution in [-0.4, -0.2) is 67.6 Å². The number of halogens is 2. The van der Waals surface area contributed by atoms with Gasteiger partial charge in [-0.1, -0.05) is 62.3 Å². The molecule has 1 atom stereocenters. The van der Waals surface area contributed by atoms with Crippen molar-refractivity contribution in [1.29, 1.82) is 0 Å². The molecule has 0 saturated carbocycles. The van der Waals surface area contributed by atoms with Crippen molar-refractivity contribution < 1.29 is 27.7 Å². The Labute approximate surface area is 340 Å². The number of nitrogens with one attached hydrogen (secondary N) is 3. The van der Waals surface area contributed by atoms with Crippen LogP contribution in [0.25, 0.3) is 33.4 Å². The molecule has 8 rings (SSSR count). The van der Waals surface area contributed by atoms with Gasteiger partial charge in [0.05, 0.1) is 11.6 Å². The molecule has 5 heterocycles. The van der Waals surface area contributed by atoms with Crippen LogP contribution in [0.15, 0.2) is 71.4 Å². The molecule has 0 spiro atoms. The maximum atomic E-state index is 15.0. The van der Waals surface area contributed by atoms with Gasteiger partial charge in [-0.05, 0) is 104 Å². The number of hydrogen-bond acceptors (Lipinski definition) is 9. The van der Waals surface area contributed by atoms with Gasteiger partial charge in [0, 0.05) is 53.2 Å². The number of fused-ring (bicyclic) bond motifs is 1. The van der Waals surface area contributed by atoms with E-state index in [1.165, 1.54) is 17.7 Å². The third kappa shape index (κ3) is 8.54. The van der Waals surface area contributed by atoms with Gasteiger partial charge in [0.2, 0.25) is 11.8 Å². The number of carbonyl (C=O) groups is 3. The molecule has 6 aromatic rings. The minimum Gasteiger partial charge on any atom is -0.344 e. The molecule has 3 amide bonds. The second kappa shape index (κ2) is 16.2. The first-order valence-electron chi connectivity index (χ1n) is 20.0. The van der Waals surface area contributed by atoms with Gasteiger partial charge in [0.15, 0.2) is 11.5 Å². The van der Waals surface area contributed by atoms with Crippen LogP contribution >= 0.6 is 0 Å². The first kappa shape index (κ1) is 39.7. The highest BCUT2D eigenvalue weighted by Gasteiger charge is 2.33. The largest absolute Gasteiger partial charge is 0.344 e. The molecule has 0 unspecified atom stereocenters. The molecule has 2 aliphatic rings. The Kier molecular flexibility index (Phi) is 10.9. The predicted molar refractivity (Wildman–Crippen MR) is 217 cm³/mol. The summed E-state index contributed by atoms with van der Waals surface area (Å²) in [5.41, 5.74) is 7.65. The van der Waals surface area contributed by atoms with Crippen LogP contribution in [0, 0.1) is 18.6 Å². The van der Waals surface area contributed by atoms with Crippen LogP contribution in [0.2, 0.25) is 0 Å². The van der Waals surface area contributed by atoms with E-state index in [0.717, 1.165) is 64.8 Å². The number of imide groups is 1. The van der Waals surface area contributed by atoms with E-state index in [0.29, 0.717) is 42.5 Å². The zero-order valence-electron chi connectivity index (χ0n) is 33.5. The van der Waals surface area contributed by atoms with Gasteiger partial charge < -0.3 is 14.7 Å². The fourth-order valence-corrected chi connectivity index (χ4v) is 8.01. The Hall–Kier alpha value is -6.15. The molecule has 0 aliphatic carbocycles. The second-order valence-corrected chi connectivity index (χ2v) is 16.7. The number of pyridine rings is 1. The van der Waals surface area contributed by atoms with Gasteiger partial charge in [0.1, 0.15) is 11.6 Å². The summed E-state index contributed by atoms with van der Waals surface area (Å²) in [7, 11) is 0. The number of aromatic amines is 1. The van der Waals surface area contributed by atoms with Crippen molar-refractivity contribution in [2.24, 2.45) is 0 Å². The molecule has 3 N–H and O–H groups in total. The zero-order valence-corrected chi connectivity index (χ0v) is 33.5. The lowest BCUT2D eigenvalue weighted by Crippen LogP contribution is -2.40. The lowest BCUT2D eigenvalue weighted by atomic mass is 9.88. The van der Waals surface area contributed by atoms with Crippen molar-refractivity contribution in [3.63, 3.8) is 0 Å². The van der Waals surface area contributed by atoms with Crippen molar-refractivity contribution >= 4 is 28.8 Å². The van der Waals surface area contributed by atoms with E-state index in [9.17, 15) is 14.4 Å². The molecule has 3 aromatic carbocycles. The molecule has 2 saturated heterocycles. The number of carbonyl (C=O) groups excluding carboxylic acids is 3. The van der Waals surface area contributed by atoms with E-state index in [1.54, 1.807) is 0 Å². The van der Waals surface area contributed by atoms with E-state index in [-0.39, 0.29) is 29.7 Å². The molecular formula is C45H46F2N8O4. The summed E-state index contributed by atoms with van der Waals surface area (Å²) in [6.07, 6.45) is 4.44. The van der Waals surface area contributed by atoms with Crippen molar-refractivity contribution in [2.45, 2.75) is 83.6 Å². The van der Waals surface area contributed by atoms with Crippen LogP contribution in [-0.2, 0) is 28.0 Å². The molecule has 304 valence electrons. The number of rotatable bonds is 10. The van der Waals surface area contributed by atoms with Gasteiger partial charge in [0.25, 0.3) is 0 Å². The Morgan fingerprint density at radius 1 is 0.949 bits per heavy atom. The summed E-state index contributed by atoms with van der Waals surface area (Å²) in [6, 6.07) is 19.5. The molecule has 12 nitrogen and oxygen atoms in total. The number of piperidine rings is 2. The fourth-order valence-electron chi connectivity index (χ4n) is 8.01. The van der Waals surface area contributed by atoms with Crippen LogP contribution in [0.5, 0.6) is 0 Å². The quantitative estimate of drug-likeness (QED) is 0.120. The number of hydrogen-bond donors (Lipinski definition) is 3. The van der Waals surface area contributed by atoms with Crippen LogP contribution in [0.4, 0.5) is 8.78 Å². The lowest BCUT2D eigenvalue weighted by molar-refractivity contribution is -0.134. The van der Waals surface area contributed by atoms with Gasteiger partial charge in [-0.2, -0.15) is 10.1 Å². The maximum Gasteiger partial charge on any atom is 0.315 e. The molecule has 2 fully saturated rings. The average Bonchev–Trinajstić information content (AvgIpc) is 3.89. The van der Waals surface area contributed by atoms with E-state index < -0.39 is 35.3 Å². The summed E-state index contributed by atoms with van der Waals surface area (Å²) in [5, 5.41) is 17.5. The molecule has 0 radical (unpaired) electrons. The molecule has 2 aliphatic heterocycles. The molecule has 14 heteroatoms. The number of aryl methyl sites for hydroxylation is 1. The summed E-state index contributed by atoms with van der Waals surface area (Å²) >= 11 is 0. The van der Waals surface area contributed by atoms with Crippen molar-refractivity contribution in [1.82, 2.24) is 40.9 Å². The summed E-state index contributed by atoms with van der Waals surface area (Å²) < 4.78 is 35.3. The summed E-state index contributed by atoms with van der Waals surface area (Å²) in [6.45, 7) is 10.6. The monoisotopic (exact) mass is 800 g/mol. The Morgan fingerprint density at radius 3 is 2.36 bits per heavy atom. The highest BCUT2D eigenvalue weighted by molar-refractivity contribution is 6.01. The Balaban J connectivity index is 0.864. The summed E-state index contributed by atoms with van der Waals surface area (Å²) in [5.74, 6) is -3.15. The summed E-state index contributed by atoms with van der Waals surface area (Å²) in [4.78, 5) is 47.6. The molecule has 3 aromatic heterocycles. The number of amides is 3. The fraction of sp³-hybridized carbons (Fsp3) is 0.356. The van der Waals surface area contributed by atoms with Crippen molar-refractivity contribution in [3.05, 3.63) is 118 Å². The maximum absolute atomic E-state index is 15.0. The van der Waals surface area contributed by atoms with Gasteiger partial charge in [-0.25, -0.2) is 13.8 Å². The number of benzene rings is 3. The number of nitrogens with zero attached hydrogens (tertiary/aromatic N) is 5. The number of likely N-dealkylation sites (tertiary alicyclic amines) is 1. The third-order valence-corrected chi connectivity index (χ3v) is 11.5.